The SMILES string of the molecule is CSCC[C@H](NC(N)=O)C(=O)Nc1cccc(C(F)(F)F)c1. The quantitative estimate of drug-likeness (QED) is 0.746. The fraction of sp³-hybridized carbons (Fsp3) is 0.385. The summed E-state index contributed by atoms with van der Waals surface area (Å²) in [5.74, 6) is -0.0341. The van der Waals surface area contributed by atoms with Gasteiger partial charge in [0, 0.05) is 5.69 Å². The Labute approximate surface area is 129 Å². The first-order chi connectivity index (χ1) is 10.2. The van der Waals surface area contributed by atoms with Gasteiger partial charge in [0.1, 0.15) is 6.04 Å². The van der Waals surface area contributed by atoms with Crippen LogP contribution < -0.4 is 16.4 Å². The summed E-state index contributed by atoms with van der Waals surface area (Å²) in [6.45, 7) is 0. The van der Waals surface area contributed by atoms with Crippen molar-refractivity contribution in [3.8, 4) is 0 Å². The van der Waals surface area contributed by atoms with Crippen LogP contribution in [0, 0.1) is 0 Å². The summed E-state index contributed by atoms with van der Waals surface area (Å²) < 4.78 is 37.8. The van der Waals surface area contributed by atoms with Crippen LogP contribution in [0.4, 0.5) is 23.7 Å². The molecule has 1 aromatic rings. The van der Waals surface area contributed by atoms with E-state index < -0.39 is 29.7 Å². The van der Waals surface area contributed by atoms with Crippen molar-refractivity contribution in [2.24, 2.45) is 5.73 Å². The molecule has 1 aromatic carbocycles. The molecule has 0 bridgehead atoms. The molecular weight excluding hydrogens is 319 g/mol. The molecule has 0 saturated carbocycles. The zero-order valence-electron chi connectivity index (χ0n) is 11.7. The first-order valence-corrected chi connectivity index (χ1v) is 7.66. The number of rotatable bonds is 6. The molecule has 1 atom stereocenters. The van der Waals surface area contributed by atoms with Crippen molar-refractivity contribution in [3.05, 3.63) is 29.8 Å². The van der Waals surface area contributed by atoms with E-state index in [9.17, 15) is 22.8 Å². The Morgan fingerprint density at radius 1 is 1.36 bits per heavy atom. The molecule has 0 aliphatic heterocycles. The summed E-state index contributed by atoms with van der Waals surface area (Å²) in [6, 6.07) is 2.49. The number of carbonyl (C=O) groups is 2. The number of hydrogen-bond donors (Lipinski definition) is 3. The van der Waals surface area contributed by atoms with Crippen molar-refractivity contribution in [1.82, 2.24) is 5.32 Å². The molecule has 0 aliphatic rings. The molecule has 9 heteroatoms. The Morgan fingerprint density at radius 3 is 2.59 bits per heavy atom. The number of benzene rings is 1. The molecule has 0 spiro atoms. The molecule has 4 N–H and O–H groups in total. The molecular formula is C13H16F3N3O2S. The van der Waals surface area contributed by atoms with Gasteiger partial charge in [-0.2, -0.15) is 24.9 Å². The van der Waals surface area contributed by atoms with E-state index in [1.54, 1.807) is 0 Å². The molecule has 0 fully saturated rings. The average Bonchev–Trinajstić information content (AvgIpc) is 2.42. The summed E-state index contributed by atoms with van der Waals surface area (Å²) in [5.41, 5.74) is 4.13. The van der Waals surface area contributed by atoms with Crippen LogP contribution in [0.5, 0.6) is 0 Å². The lowest BCUT2D eigenvalue weighted by molar-refractivity contribution is -0.137. The zero-order chi connectivity index (χ0) is 16.8. The third-order valence-corrected chi connectivity index (χ3v) is 3.35. The van der Waals surface area contributed by atoms with E-state index in [2.05, 4.69) is 10.6 Å². The lowest BCUT2D eigenvalue weighted by Gasteiger charge is -2.17. The van der Waals surface area contributed by atoms with Crippen LogP contribution in [0.15, 0.2) is 24.3 Å². The molecule has 1 rings (SSSR count). The Kier molecular flexibility index (Phi) is 6.54. The molecule has 0 heterocycles. The van der Waals surface area contributed by atoms with E-state index in [-0.39, 0.29) is 5.69 Å². The van der Waals surface area contributed by atoms with Crippen LogP contribution in [-0.4, -0.2) is 30.0 Å². The third kappa shape index (κ3) is 5.84. The zero-order valence-corrected chi connectivity index (χ0v) is 12.6. The molecule has 122 valence electrons. The van der Waals surface area contributed by atoms with Gasteiger partial charge in [0.05, 0.1) is 5.56 Å². The van der Waals surface area contributed by atoms with Crippen LogP contribution in [0.2, 0.25) is 0 Å². The van der Waals surface area contributed by atoms with E-state index >= 15 is 0 Å². The number of thioether (sulfide) groups is 1. The Bertz CT molecular complexity index is 538. The average molecular weight is 335 g/mol. The van der Waals surface area contributed by atoms with Gasteiger partial charge in [-0.1, -0.05) is 6.07 Å². The van der Waals surface area contributed by atoms with Crippen molar-refractivity contribution in [1.29, 1.82) is 0 Å². The fourth-order valence-electron chi connectivity index (χ4n) is 1.68. The second-order valence-electron chi connectivity index (χ2n) is 4.41. The van der Waals surface area contributed by atoms with Crippen LogP contribution in [0.1, 0.15) is 12.0 Å². The van der Waals surface area contributed by atoms with Crippen molar-refractivity contribution in [2.75, 3.05) is 17.3 Å². The van der Waals surface area contributed by atoms with E-state index in [0.717, 1.165) is 12.1 Å². The minimum Gasteiger partial charge on any atom is -0.352 e. The summed E-state index contributed by atoms with van der Waals surface area (Å²) >= 11 is 1.47. The second kappa shape index (κ2) is 7.92. The van der Waals surface area contributed by atoms with Crippen LogP contribution in [0.3, 0.4) is 0 Å². The maximum Gasteiger partial charge on any atom is 0.416 e. The molecule has 0 aromatic heterocycles. The van der Waals surface area contributed by atoms with E-state index in [0.29, 0.717) is 12.2 Å². The number of nitrogens with two attached hydrogens (primary N) is 1. The molecule has 0 unspecified atom stereocenters. The minimum absolute atomic E-state index is 0.000229. The number of halogens is 3. The van der Waals surface area contributed by atoms with Crippen molar-refractivity contribution in [2.45, 2.75) is 18.6 Å². The predicted molar refractivity (Wildman–Crippen MR) is 79.6 cm³/mol. The lowest BCUT2D eigenvalue weighted by Crippen LogP contribution is -2.46. The highest BCUT2D eigenvalue weighted by molar-refractivity contribution is 7.98. The second-order valence-corrected chi connectivity index (χ2v) is 5.40. The van der Waals surface area contributed by atoms with Gasteiger partial charge in [-0.3, -0.25) is 4.79 Å². The Hall–Kier alpha value is -1.90. The maximum atomic E-state index is 12.6. The largest absolute Gasteiger partial charge is 0.416 e. The topological polar surface area (TPSA) is 84.2 Å². The van der Waals surface area contributed by atoms with Crippen LogP contribution in [0.25, 0.3) is 0 Å². The molecule has 0 radical (unpaired) electrons. The maximum absolute atomic E-state index is 12.6. The highest BCUT2D eigenvalue weighted by Gasteiger charge is 2.30. The molecule has 3 amide bonds. The number of anilines is 1. The van der Waals surface area contributed by atoms with Crippen molar-refractivity contribution < 1.29 is 22.8 Å². The summed E-state index contributed by atoms with van der Waals surface area (Å²) in [4.78, 5) is 22.9. The monoisotopic (exact) mass is 335 g/mol. The van der Waals surface area contributed by atoms with Gasteiger partial charge in [-0.15, -0.1) is 0 Å². The fourth-order valence-corrected chi connectivity index (χ4v) is 2.15. The number of nitrogens with one attached hydrogen (secondary N) is 2. The molecule has 22 heavy (non-hydrogen) atoms. The third-order valence-electron chi connectivity index (χ3n) is 2.70. The summed E-state index contributed by atoms with van der Waals surface area (Å²) in [5, 5.41) is 4.62. The van der Waals surface area contributed by atoms with Gasteiger partial charge >= 0.3 is 12.2 Å². The van der Waals surface area contributed by atoms with Crippen molar-refractivity contribution >= 4 is 29.4 Å². The van der Waals surface area contributed by atoms with E-state index in [1.807, 2.05) is 6.26 Å². The lowest BCUT2D eigenvalue weighted by atomic mass is 10.1. The van der Waals surface area contributed by atoms with Gasteiger partial charge in [0.15, 0.2) is 0 Å². The normalized spacial score (nSPS) is 12.5. The van der Waals surface area contributed by atoms with Gasteiger partial charge in [0.2, 0.25) is 5.91 Å². The van der Waals surface area contributed by atoms with E-state index in [1.165, 1.54) is 23.9 Å². The van der Waals surface area contributed by atoms with Crippen LogP contribution >= 0.6 is 11.8 Å². The summed E-state index contributed by atoms with van der Waals surface area (Å²) in [6.07, 6.45) is -2.36. The predicted octanol–water partition coefficient (Wildman–Crippen LogP) is 2.43. The first kappa shape index (κ1) is 18.1. The Balaban J connectivity index is 2.82. The van der Waals surface area contributed by atoms with Gasteiger partial charge < -0.3 is 16.4 Å². The molecule has 5 nitrogen and oxygen atoms in total. The Morgan fingerprint density at radius 2 is 2.05 bits per heavy atom. The number of alkyl halides is 3. The molecule has 0 aliphatic carbocycles. The number of carbonyl (C=O) groups excluding carboxylic acids is 2. The molecule has 0 saturated heterocycles. The number of primary amides is 1. The van der Waals surface area contributed by atoms with Gasteiger partial charge in [0.25, 0.3) is 0 Å². The van der Waals surface area contributed by atoms with Gasteiger partial charge in [-0.05, 0) is 36.6 Å². The minimum atomic E-state index is -4.50. The standard InChI is InChI=1S/C13H16F3N3O2S/c1-22-6-5-10(19-12(17)21)11(20)18-9-4-2-3-8(7-9)13(14,15)16/h2-4,7,10H,5-6H2,1H3,(H,18,20)(H3,17,19,21)/t10-/m0/s1. The summed E-state index contributed by atoms with van der Waals surface area (Å²) in [7, 11) is 0. The van der Waals surface area contributed by atoms with Gasteiger partial charge in [-0.25, -0.2) is 4.79 Å². The highest BCUT2D eigenvalue weighted by atomic mass is 32.2. The van der Waals surface area contributed by atoms with Crippen LogP contribution in [-0.2, 0) is 11.0 Å². The number of hydrogen-bond acceptors (Lipinski definition) is 3. The first-order valence-electron chi connectivity index (χ1n) is 6.27. The highest BCUT2D eigenvalue weighted by Crippen LogP contribution is 2.30. The number of amides is 3. The van der Waals surface area contributed by atoms with Crippen molar-refractivity contribution in [3.63, 3.8) is 0 Å². The van der Waals surface area contributed by atoms with E-state index in [4.69, 9.17) is 5.73 Å². The number of urea groups is 1. The smallest absolute Gasteiger partial charge is 0.352 e.